The molecule has 102 valence electrons. The van der Waals surface area contributed by atoms with Gasteiger partial charge in [-0.1, -0.05) is 6.07 Å². The molecule has 1 atom stereocenters. The van der Waals surface area contributed by atoms with Gasteiger partial charge in [0.1, 0.15) is 5.82 Å². The van der Waals surface area contributed by atoms with Crippen molar-refractivity contribution in [2.24, 2.45) is 12.9 Å². The summed E-state index contributed by atoms with van der Waals surface area (Å²) < 4.78 is 15.0. The number of hydrogen-bond acceptors (Lipinski definition) is 3. The van der Waals surface area contributed by atoms with Crippen LogP contribution in [0.2, 0.25) is 0 Å². The van der Waals surface area contributed by atoms with Gasteiger partial charge in [-0.3, -0.25) is 16.0 Å². The molecule has 1 heterocycles. The molecule has 0 saturated carbocycles. The second-order valence-corrected chi connectivity index (χ2v) is 4.70. The first-order valence-corrected chi connectivity index (χ1v) is 6.31. The molecule has 0 bridgehead atoms. The fraction of sp³-hybridized carbons (Fsp3) is 0.357. The molecule has 3 N–H and O–H groups in total. The van der Waals surface area contributed by atoms with Crippen LogP contribution in [-0.4, -0.2) is 9.78 Å². The second-order valence-electron chi connectivity index (χ2n) is 4.70. The third-order valence-electron chi connectivity index (χ3n) is 3.42. The Hall–Kier alpha value is -1.72. The highest BCUT2D eigenvalue weighted by Gasteiger charge is 2.13. The van der Waals surface area contributed by atoms with Crippen LogP contribution in [0, 0.1) is 12.7 Å². The number of benzene rings is 1. The maximum atomic E-state index is 13.1. The molecule has 2 aromatic rings. The predicted octanol–water partition coefficient (Wildman–Crippen LogP) is 2.00. The van der Waals surface area contributed by atoms with Gasteiger partial charge in [0.05, 0.1) is 0 Å². The maximum Gasteiger partial charge on any atom is 0.123 e. The van der Waals surface area contributed by atoms with Gasteiger partial charge in [-0.2, -0.15) is 5.10 Å². The summed E-state index contributed by atoms with van der Waals surface area (Å²) >= 11 is 0. The van der Waals surface area contributed by atoms with Crippen LogP contribution in [0.25, 0.3) is 0 Å². The maximum absolute atomic E-state index is 13.1. The van der Waals surface area contributed by atoms with Gasteiger partial charge in [0.2, 0.25) is 0 Å². The second kappa shape index (κ2) is 5.95. The third-order valence-corrected chi connectivity index (χ3v) is 3.42. The van der Waals surface area contributed by atoms with E-state index in [1.54, 1.807) is 12.3 Å². The number of nitrogens with zero attached hydrogens (tertiary/aromatic N) is 2. The standard InChI is InChI=1S/C14H19FN4/c1-10-9-11(15)3-5-13(10)14(18-16)6-4-12-7-8-17-19(12)2/h3,5,7-9,14,18H,4,6,16H2,1-2H3. The van der Waals surface area contributed by atoms with Gasteiger partial charge in [0.25, 0.3) is 0 Å². The monoisotopic (exact) mass is 262 g/mol. The number of aryl methyl sites for hydroxylation is 3. The van der Waals surface area contributed by atoms with E-state index in [9.17, 15) is 4.39 Å². The first-order valence-electron chi connectivity index (χ1n) is 6.31. The van der Waals surface area contributed by atoms with Gasteiger partial charge >= 0.3 is 0 Å². The molecule has 0 aliphatic rings. The third kappa shape index (κ3) is 3.19. The predicted molar refractivity (Wildman–Crippen MR) is 72.7 cm³/mol. The number of halogens is 1. The minimum atomic E-state index is -0.219. The summed E-state index contributed by atoms with van der Waals surface area (Å²) in [6.07, 6.45) is 3.48. The minimum Gasteiger partial charge on any atom is -0.273 e. The molecule has 0 fully saturated rings. The molecule has 19 heavy (non-hydrogen) atoms. The molecular weight excluding hydrogens is 243 g/mol. The molecule has 5 heteroatoms. The van der Waals surface area contributed by atoms with Gasteiger partial charge in [-0.25, -0.2) is 4.39 Å². The van der Waals surface area contributed by atoms with Crippen molar-refractivity contribution >= 4 is 0 Å². The SMILES string of the molecule is Cc1cc(F)ccc1C(CCc1ccnn1C)NN. The Bertz CT molecular complexity index is 550. The summed E-state index contributed by atoms with van der Waals surface area (Å²) in [5.74, 6) is 5.40. The Morgan fingerprint density at radius 3 is 2.79 bits per heavy atom. The van der Waals surface area contributed by atoms with E-state index in [-0.39, 0.29) is 11.9 Å². The summed E-state index contributed by atoms with van der Waals surface area (Å²) in [6.45, 7) is 1.90. The van der Waals surface area contributed by atoms with Crippen molar-refractivity contribution in [1.29, 1.82) is 0 Å². The zero-order valence-corrected chi connectivity index (χ0v) is 11.2. The van der Waals surface area contributed by atoms with Crippen LogP contribution in [0.1, 0.15) is 29.3 Å². The lowest BCUT2D eigenvalue weighted by molar-refractivity contribution is 0.503. The minimum absolute atomic E-state index is 0.00972. The number of rotatable bonds is 5. The van der Waals surface area contributed by atoms with Gasteiger partial charge in [0, 0.05) is 25.0 Å². The quantitative estimate of drug-likeness (QED) is 0.640. The highest BCUT2D eigenvalue weighted by molar-refractivity contribution is 5.29. The fourth-order valence-corrected chi connectivity index (χ4v) is 2.30. The Balaban J connectivity index is 2.10. The van der Waals surface area contributed by atoms with Gasteiger partial charge < -0.3 is 0 Å². The van der Waals surface area contributed by atoms with Crippen molar-refractivity contribution in [3.05, 3.63) is 53.1 Å². The highest BCUT2D eigenvalue weighted by atomic mass is 19.1. The summed E-state index contributed by atoms with van der Waals surface area (Å²) in [7, 11) is 1.92. The fourth-order valence-electron chi connectivity index (χ4n) is 2.30. The van der Waals surface area contributed by atoms with Crippen LogP contribution in [0.15, 0.2) is 30.5 Å². The molecule has 0 aliphatic heterocycles. The Morgan fingerprint density at radius 2 is 2.21 bits per heavy atom. The Morgan fingerprint density at radius 1 is 1.42 bits per heavy atom. The molecule has 0 aliphatic carbocycles. The first kappa shape index (κ1) is 13.7. The summed E-state index contributed by atoms with van der Waals surface area (Å²) in [4.78, 5) is 0. The topological polar surface area (TPSA) is 55.9 Å². The summed E-state index contributed by atoms with van der Waals surface area (Å²) in [5.41, 5.74) is 5.90. The van der Waals surface area contributed by atoms with Crippen LogP contribution < -0.4 is 11.3 Å². The smallest absolute Gasteiger partial charge is 0.123 e. The lowest BCUT2D eigenvalue weighted by atomic mass is 9.97. The lowest BCUT2D eigenvalue weighted by Crippen LogP contribution is -2.29. The normalized spacial score (nSPS) is 12.6. The molecule has 0 saturated heterocycles. The molecule has 0 amide bonds. The zero-order chi connectivity index (χ0) is 13.8. The summed E-state index contributed by atoms with van der Waals surface area (Å²) in [5, 5.41) is 4.14. The molecular formula is C14H19FN4. The molecule has 2 rings (SSSR count). The largest absolute Gasteiger partial charge is 0.273 e. The van der Waals surface area contributed by atoms with Gasteiger partial charge in [-0.05, 0) is 49.1 Å². The molecule has 1 aromatic heterocycles. The lowest BCUT2D eigenvalue weighted by Gasteiger charge is -2.18. The van der Waals surface area contributed by atoms with E-state index < -0.39 is 0 Å². The zero-order valence-electron chi connectivity index (χ0n) is 11.2. The van der Waals surface area contributed by atoms with E-state index in [0.717, 1.165) is 29.7 Å². The van der Waals surface area contributed by atoms with Crippen LogP contribution >= 0.6 is 0 Å². The average molecular weight is 262 g/mol. The number of nitrogens with two attached hydrogens (primary N) is 1. The van der Waals surface area contributed by atoms with Crippen LogP contribution in [-0.2, 0) is 13.5 Å². The van der Waals surface area contributed by atoms with E-state index in [4.69, 9.17) is 5.84 Å². The number of hydrazine groups is 1. The highest BCUT2D eigenvalue weighted by Crippen LogP contribution is 2.22. The van der Waals surface area contributed by atoms with Crippen molar-refractivity contribution in [2.75, 3.05) is 0 Å². The molecule has 1 unspecified atom stereocenters. The summed E-state index contributed by atoms with van der Waals surface area (Å²) in [6, 6.07) is 6.79. The molecule has 0 spiro atoms. The number of aromatic nitrogens is 2. The first-order chi connectivity index (χ1) is 9.11. The van der Waals surface area contributed by atoms with Crippen molar-refractivity contribution < 1.29 is 4.39 Å². The number of hydrogen-bond donors (Lipinski definition) is 2. The van der Waals surface area contributed by atoms with E-state index in [1.807, 2.05) is 24.7 Å². The van der Waals surface area contributed by atoms with E-state index in [0.29, 0.717) is 0 Å². The van der Waals surface area contributed by atoms with Gasteiger partial charge in [-0.15, -0.1) is 0 Å². The molecule has 0 radical (unpaired) electrons. The Labute approximate surface area is 112 Å². The van der Waals surface area contributed by atoms with E-state index in [1.165, 1.54) is 12.1 Å². The van der Waals surface area contributed by atoms with Crippen molar-refractivity contribution in [1.82, 2.24) is 15.2 Å². The van der Waals surface area contributed by atoms with Crippen LogP contribution in [0.4, 0.5) is 4.39 Å². The van der Waals surface area contributed by atoms with E-state index in [2.05, 4.69) is 10.5 Å². The van der Waals surface area contributed by atoms with Gasteiger partial charge in [0.15, 0.2) is 0 Å². The van der Waals surface area contributed by atoms with Crippen molar-refractivity contribution in [3.8, 4) is 0 Å². The van der Waals surface area contributed by atoms with Crippen molar-refractivity contribution in [3.63, 3.8) is 0 Å². The van der Waals surface area contributed by atoms with Crippen molar-refractivity contribution in [2.45, 2.75) is 25.8 Å². The van der Waals surface area contributed by atoms with E-state index >= 15 is 0 Å². The molecule has 1 aromatic carbocycles. The van der Waals surface area contributed by atoms with Crippen LogP contribution in [0.5, 0.6) is 0 Å². The number of nitrogens with one attached hydrogen (secondary N) is 1. The average Bonchev–Trinajstić information content (AvgIpc) is 2.78. The van der Waals surface area contributed by atoms with Crippen LogP contribution in [0.3, 0.4) is 0 Å². The molecule has 4 nitrogen and oxygen atoms in total. The Kier molecular flexibility index (Phi) is 4.29.